The van der Waals surface area contributed by atoms with Crippen LogP contribution in [-0.2, 0) is 26.9 Å². The number of carbonyl (C=O) groups excluding carboxylic acids is 2. The first-order valence-electron chi connectivity index (χ1n) is 10.8. The van der Waals surface area contributed by atoms with Gasteiger partial charge in [-0.2, -0.15) is 0 Å². The van der Waals surface area contributed by atoms with Crippen LogP contribution in [0.4, 0.5) is 11.5 Å². The number of anilines is 2. The van der Waals surface area contributed by atoms with Gasteiger partial charge in [-0.15, -0.1) is 0 Å². The first-order chi connectivity index (χ1) is 16.7. The van der Waals surface area contributed by atoms with Crippen molar-refractivity contribution in [2.75, 3.05) is 30.0 Å². The molecule has 184 valence electrons. The van der Waals surface area contributed by atoms with Gasteiger partial charge in [-0.25, -0.2) is 9.59 Å². The normalized spacial score (nSPS) is 11.6. The molecule has 1 unspecified atom stereocenters. The highest BCUT2D eigenvalue weighted by Crippen LogP contribution is 2.19. The number of hydrogen-bond donors (Lipinski definition) is 2. The van der Waals surface area contributed by atoms with Crippen LogP contribution in [-0.4, -0.2) is 45.0 Å². The van der Waals surface area contributed by atoms with Crippen LogP contribution >= 0.6 is 0 Å². The number of H-pyrrole nitrogens is 1. The number of nitrogens with two attached hydrogens (primary N) is 1. The second kappa shape index (κ2) is 11.4. The number of esters is 1. The third-order valence-corrected chi connectivity index (χ3v) is 6.13. The highest BCUT2D eigenvalue weighted by Gasteiger charge is 2.25. The fraction of sp³-hybridized carbons (Fsp3) is 0.250. The van der Waals surface area contributed by atoms with E-state index in [0.29, 0.717) is 6.42 Å². The Bertz CT molecular complexity index is 1370. The van der Waals surface area contributed by atoms with Crippen LogP contribution in [0.25, 0.3) is 0 Å². The van der Waals surface area contributed by atoms with Gasteiger partial charge >= 0.3 is 11.7 Å². The van der Waals surface area contributed by atoms with Crippen LogP contribution in [0, 0.1) is 0 Å². The number of aromatic amines is 1. The van der Waals surface area contributed by atoms with Crippen LogP contribution in [0.2, 0.25) is 0 Å². The van der Waals surface area contributed by atoms with Crippen molar-refractivity contribution >= 4 is 34.2 Å². The molecule has 1 amide bonds. The lowest BCUT2D eigenvalue weighted by Gasteiger charge is -2.24. The lowest BCUT2D eigenvalue weighted by molar-refractivity contribution is -0.121. The van der Waals surface area contributed by atoms with Crippen LogP contribution in [0.5, 0.6) is 0 Å². The van der Waals surface area contributed by atoms with Gasteiger partial charge in [0.15, 0.2) is 12.3 Å². The summed E-state index contributed by atoms with van der Waals surface area (Å²) in [6.45, 7) is 1.30. The number of nitrogens with one attached hydrogen (secondary N) is 1. The summed E-state index contributed by atoms with van der Waals surface area (Å²) < 4.78 is 18.2. The van der Waals surface area contributed by atoms with Gasteiger partial charge in [0, 0.05) is 12.8 Å². The summed E-state index contributed by atoms with van der Waals surface area (Å²) in [5.41, 5.74) is 5.33. The number of rotatable bonds is 9. The fourth-order valence-electron chi connectivity index (χ4n) is 3.51. The first kappa shape index (κ1) is 25.6. The Morgan fingerprint density at radius 3 is 2.40 bits per heavy atom. The molecule has 1 aromatic heterocycles. The summed E-state index contributed by atoms with van der Waals surface area (Å²) in [4.78, 5) is 54.3. The highest BCUT2D eigenvalue weighted by molar-refractivity contribution is 7.84. The maximum atomic E-state index is 13.0. The fourth-order valence-corrected chi connectivity index (χ4v) is 4.25. The maximum absolute atomic E-state index is 13.0. The standard InChI is InChI=1S/C24H26N4O6S/c1-3-13-27(19(29)15-34-23(31)17-11-7-8-12-18(17)35(2)33)20-21(25)28(24(32)26-22(20)30)14-16-9-5-4-6-10-16/h4-12H,3,13-15,25H2,1-2H3,(H,26,30,32). The van der Waals surface area contributed by atoms with Crippen LogP contribution in [0.1, 0.15) is 29.3 Å². The van der Waals surface area contributed by atoms with Crippen molar-refractivity contribution in [3.05, 3.63) is 86.6 Å². The highest BCUT2D eigenvalue weighted by atomic mass is 32.2. The van der Waals surface area contributed by atoms with E-state index < -0.39 is 40.5 Å². The quantitative estimate of drug-likeness (QED) is 0.425. The molecule has 0 aliphatic rings. The third-order valence-electron chi connectivity index (χ3n) is 5.16. The topological polar surface area (TPSA) is 145 Å². The molecular formula is C24H26N4O6S. The summed E-state index contributed by atoms with van der Waals surface area (Å²) in [5, 5.41) is 0. The molecule has 0 aliphatic carbocycles. The zero-order valence-corrected chi connectivity index (χ0v) is 20.2. The largest absolute Gasteiger partial charge is 0.452 e. The second-order valence-corrected chi connectivity index (χ2v) is 8.98. The maximum Gasteiger partial charge on any atom is 0.339 e. The summed E-state index contributed by atoms with van der Waals surface area (Å²) in [6.07, 6.45) is 1.90. The first-order valence-corrected chi connectivity index (χ1v) is 12.4. The Morgan fingerprint density at radius 1 is 1.09 bits per heavy atom. The van der Waals surface area contributed by atoms with E-state index in [9.17, 15) is 23.4 Å². The van der Waals surface area contributed by atoms with E-state index in [1.54, 1.807) is 43.3 Å². The minimum atomic E-state index is -1.44. The molecule has 11 heteroatoms. The van der Waals surface area contributed by atoms with Crippen LogP contribution in [0.3, 0.4) is 0 Å². The van der Waals surface area contributed by atoms with Gasteiger partial charge in [-0.3, -0.25) is 23.3 Å². The van der Waals surface area contributed by atoms with Gasteiger partial charge in [-0.05, 0) is 24.1 Å². The van der Waals surface area contributed by atoms with Crippen molar-refractivity contribution < 1.29 is 18.5 Å². The minimum absolute atomic E-state index is 0.0805. The molecule has 0 saturated heterocycles. The zero-order valence-electron chi connectivity index (χ0n) is 19.4. The molecule has 3 aromatic rings. The average Bonchev–Trinajstić information content (AvgIpc) is 2.84. The third kappa shape index (κ3) is 5.93. The predicted molar refractivity (Wildman–Crippen MR) is 133 cm³/mol. The number of carbonyl (C=O) groups is 2. The Balaban J connectivity index is 1.89. The van der Waals surface area contributed by atoms with Crippen molar-refractivity contribution in [2.45, 2.75) is 24.8 Å². The second-order valence-electron chi connectivity index (χ2n) is 7.64. The Morgan fingerprint density at radius 2 is 1.74 bits per heavy atom. The molecule has 0 saturated carbocycles. The molecule has 1 atom stereocenters. The summed E-state index contributed by atoms with van der Waals surface area (Å²) in [6, 6.07) is 15.2. The molecule has 3 N–H and O–H groups in total. The van der Waals surface area contributed by atoms with E-state index >= 15 is 0 Å². The molecular weight excluding hydrogens is 472 g/mol. The van der Waals surface area contributed by atoms with Crippen molar-refractivity contribution in [3.8, 4) is 0 Å². The summed E-state index contributed by atoms with van der Waals surface area (Å²) in [7, 11) is -1.44. The SMILES string of the molecule is CCCN(C(=O)COC(=O)c1ccccc1S(C)=O)c1c(N)n(Cc2ccccc2)c(=O)[nH]c1=O. The lowest BCUT2D eigenvalue weighted by atomic mass is 10.2. The van der Waals surface area contributed by atoms with Gasteiger partial charge in [0.2, 0.25) is 0 Å². The molecule has 1 heterocycles. The van der Waals surface area contributed by atoms with Crippen molar-refractivity contribution in [1.29, 1.82) is 0 Å². The average molecular weight is 499 g/mol. The van der Waals surface area contributed by atoms with Crippen molar-refractivity contribution in [2.24, 2.45) is 0 Å². The van der Waals surface area contributed by atoms with E-state index in [1.807, 2.05) is 6.07 Å². The Kier molecular flexibility index (Phi) is 8.37. The number of amides is 1. The van der Waals surface area contributed by atoms with Gasteiger partial charge < -0.3 is 15.4 Å². The minimum Gasteiger partial charge on any atom is -0.452 e. The van der Waals surface area contributed by atoms with E-state index in [-0.39, 0.29) is 35.1 Å². The molecule has 2 aromatic carbocycles. The van der Waals surface area contributed by atoms with Gasteiger partial charge in [0.05, 0.1) is 27.8 Å². The molecule has 0 fully saturated rings. The molecule has 10 nitrogen and oxygen atoms in total. The number of nitrogens with zero attached hydrogens (tertiary/aromatic N) is 2. The molecule has 0 bridgehead atoms. The van der Waals surface area contributed by atoms with E-state index in [0.717, 1.165) is 10.5 Å². The molecule has 0 radical (unpaired) electrons. The molecule has 35 heavy (non-hydrogen) atoms. The Hall–Kier alpha value is -3.99. The summed E-state index contributed by atoms with van der Waals surface area (Å²) >= 11 is 0. The van der Waals surface area contributed by atoms with Gasteiger partial charge in [0.25, 0.3) is 11.5 Å². The van der Waals surface area contributed by atoms with Crippen molar-refractivity contribution in [3.63, 3.8) is 0 Å². The smallest absolute Gasteiger partial charge is 0.339 e. The van der Waals surface area contributed by atoms with Crippen molar-refractivity contribution in [1.82, 2.24) is 9.55 Å². The van der Waals surface area contributed by atoms with E-state index in [1.165, 1.54) is 23.0 Å². The monoisotopic (exact) mass is 498 g/mol. The molecule has 0 aliphatic heterocycles. The number of aromatic nitrogens is 2. The summed E-state index contributed by atoms with van der Waals surface area (Å²) in [5.74, 6) is -1.70. The van der Waals surface area contributed by atoms with Crippen LogP contribution < -0.4 is 21.9 Å². The number of benzene rings is 2. The van der Waals surface area contributed by atoms with E-state index in [2.05, 4.69) is 4.98 Å². The van der Waals surface area contributed by atoms with E-state index in [4.69, 9.17) is 10.5 Å². The molecule has 3 rings (SSSR count). The Labute approximate surface area is 203 Å². The molecule has 0 spiro atoms. The number of ether oxygens (including phenoxy) is 1. The lowest BCUT2D eigenvalue weighted by Crippen LogP contribution is -2.43. The van der Waals surface area contributed by atoms with Crippen LogP contribution in [0.15, 0.2) is 69.1 Å². The predicted octanol–water partition coefficient (Wildman–Crippen LogP) is 1.50. The van der Waals surface area contributed by atoms with Gasteiger partial charge in [0.1, 0.15) is 5.82 Å². The zero-order chi connectivity index (χ0) is 25.5. The number of hydrogen-bond acceptors (Lipinski definition) is 7. The van der Waals surface area contributed by atoms with Gasteiger partial charge in [-0.1, -0.05) is 49.4 Å². The number of nitrogen functional groups attached to an aromatic ring is 1.